The lowest BCUT2D eigenvalue weighted by molar-refractivity contribution is 0.431. The fourth-order valence-electron chi connectivity index (χ4n) is 1.34. The molecule has 3 aromatic rings. The first-order valence-electron chi connectivity index (χ1n) is 4.70. The van der Waals surface area contributed by atoms with Gasteiger partial charge in [0.15, 0.2) is 0 Å². The van der Waals surface area contributed by atoms with Crippen LogP contribution < -0.4 is 0 Å². The molecule has 0 amide bonds. The van der Waals surface area contributed by atoms with E-state index >= 15 is 0 Å². The van der Waals surface area contributed by atoms with Gasteiger partial charge < -0.3 is 8.94 Å². The van der Waals surface area contributed by atoms with Crippen LogP contribution in [0.4, 0.5) is 0 Å². The lowest BCUT2D eigenvalue weighted by Crippen LogP contribution is -1.81. The second-order valence-electron chi connectivity index (χ2n) is 3.18. The summed E-state index contributed by atoms with van der Waals surface area (Å²) in [6, 6.07) is 5.46. The van der Waals surface area contributed by atoms with Gasteiger partial charge in [0.1, 0.15) is 6.26 Å². The average molecular weight is 213 g/mol. The van der Waals surface area contributed by atoms with Crippen LogP contribution in [0.25, 0.3) is 22.8 Å². The van der Waals surface area contributed by atoms with E-state index in [1.807, 2.05) is 12.1 Å². The topological polar surface area (TPSA) is 65.0 Å². The molecule has 0 N–H and O–H groups in total. The molecule has 0 saturated carbocycles. The van der Waals surface area contributed by atoms with Crippen molar-refractivity contribution in [1.82, 2.24) is 15.1 Å². The van der Waals surface area contributed by atoms with Crippen molar-refractivity contribution in [2.75, 3.05) is 0 Å². The summed E-state index contributed by atoms with van der Waals surface area (Å²) in [7, 11) is 0. The first-order valence-corrected chi connectivity index (χ1v) is 4.70. The third-order valence-corrected chi connectivity index (χ3v) is 2.11. The van der Waals surface area contributed by atoms with Crippen molar-refractivity contribution in [1.29, 1.82) is 0 Å². The van der Waals surface area contributed by atoms with Gasteiger partial charge in [-0.15, -0.1) is 0 Å². The molecule has 0 spiro atoms. The van der Waals surface area contributed by atoms with Gasteiger partial charge in [-0.25, -0.2) is 0 Å². The van der Waals surface area contributed by atoms with E-state index in [2.05, 4.69) is 15.1 Å². The van der Waals surface area contributed by atoms with Crippen molar-refractivity contribution in [2.24, 2.45) is 0 Å². The molecule has 5 heteroatoms. The Hall–Kier alpha value is -2.43. The summed E-state index contributed by atoms with van der Waals surface area (Å²) in [5.74, 6) is 0.955. The van der Waals surface area contributed by atoms with E-state index in [1.54, 1.807) is 31.0 Å². The summed E-state index contributed by atoms with van der Waals surface area (Å²) >= 11 is 0. The van der Waals surface area contributed by atoms with E-state index in [0.29, 0.717) is 11.7 Å². The first kappa shape index (κ1) is 8.84. The van der Waals surface area contributed by atoms with Crippen LogP contribution in [-0.4, -0.2) is 15.1 Å². The molecule has 16 heavy (non-hydrogen) atoms. The van der Waals surface area contributed by atoms with Crippen molar-refractivity contribution in [3.63, 3.8) is 0 Å². The zero-order valence-corrected chi connectivity index (χ0v) is 8.20. The highest BCUT2D eigenvalue weighted by Crippen LogP contribution is 2.21. The second kappa shape index (κ2) is 3.62. The highest BCUT2D eigenvalue weighted by atomic mass is 16.5. The van der Waals surface area contributed by atoms with Crippen LogP contribution in [0.3, 0.4) is 0 Å². The number of furan rings is 1. The third kappa shape index (κ3) is 1.48. The smallest absolute Gasteiger partial charge is 0.261 e. The normalized spacial score (nSPS) is 10.5. The Balaban J connectivity index is 2.00. The van der Waals surface area contributed by atoms with Crippen LogP contribution in [0.5, 0.6) is 0 Å². The quantitative estimate of drug-likeness (QED) is 0.653. The van der Waals surface area contributed by atoms with Crippen LogP contribution >= 0.6 is 0 Å². The number of hydrogen-bond donors (Lipinski definition) is 0. The molecule has 0 fully saturated rings. The van der Waals surface area contributed by atoms with Gasteiger partial charge in [0, 0.05) is 18.0 Å². The van der Waals surface area contributed by atoms with E-state index in [4.69, 9.17) is 8.94 Å². The summed E-state index contributed by atoms with van der Waals surface area (Å²) < 4.78 is 10.1. The van der Waals surface area contributed by atoms with Crippen LogP contribution in [0, 0.1) is 0 Å². The molecule has 0 atom stereocenters. The predicted molar refractivity (Wildman–Crippen MR) is 55.2 cm³/mol. The summed E-state index contributed by atoms with van der Waals surface area (Å²) in [5.41, 5.74) is 1.59. The molecule has 3 aromatic heterocycles. The zero-order chi connectivity index (χ0) is 10.8. The standard InChI is InChI=1S/C11H7N3O2/c1-2-8(6-12-4-1)10-13-11(16-14-10)9-3-5-15-7-9/h1-7H. The number of nitrogens with zero attached hydrogens (tertiary/aromatic N) is 3. The maximum absolute atomic E-state index is 5.11. The van der Waals surface area contributed by atoms with Gasteiger partial charge >= 0.3 is 0 Å². The minimum absolute atomic E-state index is 0.438. The highest BCUT2D eigenvalue weighted by molar-refractivity contribution is 5.57. The molecule has 0 bridgehead atoms. The molecule has 78 valence electrons. The summed E-state index contributed by atoms with van der Waals surface area (Å²) in [5, 5.41) is 3.87. The van der Waals surface area contributed by atoms with Crippen LogP contribution in [0.2, 0.25) is 0 Å². The maximum Gasteiger partial charge on any atom is 0.261 e. The van der Waals surface area contributed by atoms with E-state index in [-0.39, 0.29) is 0 Å². The van der Waals surface area contributed by atoms with Gasteiger partial charge in [-0.3, -0.25) is 4.98 Å². The van der Waals surface area contributed by atoms with Gasteiger partial charge in [0.2, 0.25) is 5.82 Å². The minimum Gasteiger partial charge on any atom is -0.472 e. The minimum atomic E-state index is 0.438. The maximum atomic E-state index is 5.11. The molecule has 0 unspecified atom stereocenters. The fraction of sp³-hybridized carbons (Fsp3) is 0. The first-order chi connectivity index (χ1) is 7.93. The molecular formula is C11H7N3O2. The average Bonchev–Trinajstić information content (AvgIpc) is 3.01. The Morgan fingerprint density at radius 1 is 1.12 bits per heavy atom. The van der Waals surface area contributed by atoms with Gasteiger partial charge in [-0.2, -0.15) is 4.98 Å². The zero-order valence-electron chi connectivity index (χ0n) is 8.20. The van der Waals surface area contributed by atoms with Crippen LogP contribution in [0.15, 0.2) is 52.1 Å². The molecular weight excluding hydrogens is 206 g/mol. The lowest BCUT2D eigenvalue weighted by atomic mass is 10.3. The second-order valence-corrected chi connectivity index (χ2v) is 3.18. The van der Waals surface area contributed by atoms with Gasteiger partial charge in [0.05, 0.1) is 11.8 Å². The lowest BCUT2D eigenvalue weighted by Gasteiger charge is -1.89. The Bertz CT molecular complexity index is 572. The molecule has 3 heterocycles. The molecule has 0 aromatic carbocycles. The van der Waals surface area contributed by atoms with Crippen molar-refractivity contribution in [3.8, 4) is 22.8 Å². The van der Waals surface area contributed by atoms with Gasteiger partial charge in [0.25, 0.3) is 5.89 Å². The van der Waals surface area contributed by atoms with Crippen molar-refractivity contribution in [2.45, 2.75) is 0 Å². The molecule has 0 aliphatic rings. The molecule has 0 saturated heterocycles. The summed E-state index contributed by atoms with van der Waals surface area (Å²) in [4.78, 5) is 8.24. The number of aromatic nitrogens is 3. The molecule has 0 radical (unpaired) electrons. The van der Waals surface area contributed by atoms with Gasteiger partial charge in [-0.1, -0.05) is 5.16 Å². The Morgan fingerprint density at radius 2 is 2.12 bits per heavy atom. The molecule has 0 aliphatic carbocycles. The van der Waals surface area contributed by atoms with Crippen molar-refractivity contribution >= 4 is 0 Å². The van der Waals surface area contributed by atoms with Crippen LogP contribution in [0.1, 0.15) is 0 Å². The van der Waals surface area contributed by atoms with E-state index in [9.17, 15) is 0 Å². The number of hydrogen-bond acceptors (Lipinski definition) is 5. The Labute approximate surface area is 90.7 Å². The highest BCUT2D eigenvalue weighted by Gasteiger charge is 2.10. The number of pyridine rings is 1. The largest absolute Gasteiger partial charge is 0.472 e. The Kier molecular flexibility index (Phi) is 2.00. The third-order valence-electron chi connectivity index (χ3n) is 2.11. The van der Waals surface area contributed by atoms with Gasteiger partial charge in [-0.05, 0) is 18.2 Å². The van der Waals surface area contributed by atoms with E-state index in [1.165, 1.54) is 0 Å². The fourth-order valence-corrected chi connectivity index (χ4v) is 1.34. The summed E-state index contributed by atoms with van der Waals surface area (Å²) in [6.07, 6.45) is 6.49. The number of rotatable bonds is 2. The van der Waals surface area contributed by atoms with E-state index in [0.717, 1.165) is 11.1 Å². The van der Waals surface area contributed by atoms with Crippen LogP contribution in [-0.2, 0) is 0 Å². The Morgan fingerprint density at radius 3 is 2.88 bits per heavy atom. The molecule has 3 rings (SSSR count). The SMILES string of the molecule is c1cncc(-c2noc(-c3ccoc3)n2)c1. The summed E-state index contributed by atoms with van der Waals surface area (Å²) in [6.45, 7) is 0. The van der Waals surface area contributed by atoms with Crippen molar-refractivity contribution < 1.29 is 8.94 Å². The molecule has 0 aliphatic heterocycles. The van der Waals surface area contributed by atoms with E-state index < -0.39 is 0 Å². The molecule has 5 nitrogen and oxygen atoms in total. The monoisotopic (exact) mass is 213 g/mol. The van der Waals surface area contributed by atoms with Crippen molar-refractivity contribution in [3.05, 3.63) is 43.1 Å². The predicted octanol–water partition coefficient (Wildman–Crippen LogP) is 2.39.